The molecule has 1 aliphatic heterocycles. The minimum absolute atomic E-state index is 0.0417. The molecular formula is C17H10BrNO2. The van der Waals surface area contributed by atoms with Gasteiger partial charge in [0.1, 0.15) is 12.4 Å². The van der Waals surface area contributed by atoms with Crippen LogP contribution in [0.4, 0.5) is 0 Å². The number of hydrogen-bond donors (Lipinski definition) is 0. The first kappa shape index (κ1) is 13.6. The van der Waals surface area contributed by atoms with E-state index in [1.54, 1.807) is 36.4 Å². The first-order chi connectivity index (χ1) is 10.2. The van der Waals surface area contributed by atoms with Gasteiger partial charge in [-0.3, -0.25) is 4.79 Å². The number of fused-ring (bicyclic) bond motifs is 1. The summed E-state index contributed by atoms with van der Waals surface area (Å²) in [6.45, 7) is 0.240. The molecule has 1 aliphatic rings. The quantitative estimate of drug-likeness (QED) is 0.738. The molecule has 102 valence electrons. The van der Waals surface area contributed by atoms with E-state index in [0.717, 1.165) is 10.0 Å². The number of Topliss-reactive ketones (excluding diaryl/α,β-unsaturated/α-hetero) is 1. The van der Waals surface area contributed by atoms with Crippen LogP contribution in [0.3, 0.4) is 0 Å². The van der Waals surface area contributed by atoms with Gasteiger partial charge in [0.15, 0.2) is 5.78 Å². The zero-order chi connectivity index (χ0) is 14.8. The third-order valence-corrected chi connectivity index (χ3v) is 3.71. The van der Waals surface area contributed by atoms with Crippen LogP contribution < -0.4 is 4.74 Å². The van der Waals surface area contributed by atoms with Crippen molar-refractivity contribution in [2.75, 3.05) is 6.61 Å². The van der Waals surface area contributed by atoms with Crippen molar-refractivity contribution in [1.82, 2.24) is 0 Å². The number of halogens is 1. The summed E-state index contributed by atoms with van der Waals surface area (Å²) in [5.41, 5.74) is 2.52. The molecule has 1 heterocycles. The number of rotatable bonds is 1. The molecule has 3 rings (SSSR count). The average molecular weight is 340 g/mol. The fourth-order valence-electron chi connectivity index (χ4n) is 2.21. The molecule has 0 spiro atoms. The van der Waals surface area contributed by atoms with Gasteiger partial charge in [0.2, 0.25) is 0 Å². The van der Waals surface area contributed by atoms with Gasteiger partial charge in [-0.15, -0.1) is 0 Å². The molecule has 0 radical (unpaired) electrons. The second kappa shape index (κ2) is 5.55. The van der Waals surface area contributed by atoms with Gasteiger partial charge in [-0.05, 0) is 42.0 Å². The van der Waals surface area contributed by atoms with Crippen LogP contribution >= 0.6 is 15.9 Å². The molecule has 0 saturated carbocycles. The van der Waals surface area contributed by atoms with Crippen LogP contribution in [-0.2, 0) is 0 Å². The predicted octanol–water partition coefficient (Wildman–Crippen LogP) is 3.98. The van der Waals surface area contributed by atoms with Gasteiger partial charge in [0.05, 0.1) is 17.2 Å². The Balaban J connectivity index is 1.99. The molecule has 4 heteroatoms. The van der Waals surface area contributed by atoms with E-state index >= 15 is 0 Å². The van der Waals surface area contributed by atoms with Gasteiger partial charge in [-0.1, -0.05) is 28.1 Å². The Morgan fingerprint density at radius 3 is 2.90 bits per heavy atom. The molecule has 0 amide bonds. The Morgan fingerprint density at radius 2 is 2.10 bits per heavy atom. The largest absolute Gasteiger partial charge is 0.488 e. The number of carbonyl (C=O) groups excluding carboxylic acids is 1. The molecule has 3 nitrogen and oxygen atoms in total. The summed E-state index contributed by atoms with van der Waals surface area (Å²) in [7, 11) is 0. The van der Waals surface area contributed by atoms with Crippen molar-refractivity contribution in [2.24, 2.45) is 0 Å². The van der Waals surface area contributed by atoms with Crippen molar-refractivity contribution in [2.45, 2.75) is 0 Å². The van der Waals surface area contributed by atoms with Gasteiger partial charge in [-0.2, -0.15) is 5.26 Å². The SMILES string of the molecule is N#Cc1cccc(/C=C2/COc3ccc(Br)cc3C2=O)c1. The lowest BCUT2D eigenvalue weighted by atomic mass is 9.98. The normalized spacial score (nSPS) is 15.2. The fourth-order valence-corrected chi connectivity index (χ4v) is 2.57. The molecule has 0 fully saturated rings. The second-order valence-corrected chi connectivity index (χ2v) is 5.58. The van der Waals surface area contributed by atoms with Crippen molar-refractivity contribution in [3.63, 3.8) is 0 Å². The third kappa shape index (κ3) is 2.74. The highest BCUT2D eigenvalue weighted by Crippen LogP contribution is 2.30. The van der Waals surface area contributed by atoms with Crippen molar-refractivity contribution in [3.8, 4) is 11.8 Å². The number of ether oxygens (including phenoxy) is 1. The lowest BCUT2D eigenvalue weighted by Crippen LogP contribution is -2.19. The minimum atomic E-state index is -0.0417. The summed E-state index contributed by atoms with van der Waals surface area (Å²) in [5, 5.41) is 8.91. The molecule has 0 N–H and O–H groups in total. The van der Waals surface area contributed by atoms with Crippen molar-refractivity contribution >= 4 is 27.8 Å². The number of carbonyl (C=O) groups is 1. The lowest BCUT2D eigenvalue weighted by Gasteiger charge is -2.19. The number of benzene rings is 2. The number of nitrogens with zero attached hydrogens (tertiary/aromatic N) is 1. The van der Waals surface area contributed by atoms with Crippen LogP contribution in [0.25, 0.3) is 6.08 Å². The van der Waals surface area contributed by atoms with Gasteiger partial charge in [0.25, 0.3) is 0 Å². The highest BCUT2D eigenvalue weighted by Gasteiger charge is 2.23. The van der Waals surface area contributed by atoms with Crippen LogP contribution in [-0.4, -0.2) is 12.4 Å². The molecule has 0 unspecified atom stereocenters. The smallest absolute Gasteiger partial charge is 0.196 e. The van der Waals surface area contributed by atoms with E-state index in [-0.39, 0.29) is 12.4 Å². The molecule has 0 atom stereocenters. The first-order valence-electron chi connectivity index (χ1n) is 6.35. The number of hydrogen-bond acceptors (Lipinski definition) is 3. The summed E-state index contributed by atoms with van der Waals surface area (Å²) in [6, 6.07) is 14.6. The molecular weight excluding hydrogens is 330 g/mol. The van der Waals surface area contributed by atoms with Crippen LogP contribution in [0.1, 0.15) is 21.5 Å². The standard InChI is InChI=1S/C17H10BrNO2/c18-14-4-5-16-15(8-14)17(20)13(10-21-16)7-11-2-1-3-12(6-11)9-19/h1-8H,10H2/b13-7-. The van der Waals surface area contributed by atoms with Crippen LogP contribution in [0.5, 0.6) is 5.75 Å². The van der Waals surface area contributed by atoms with Crippen LogP contribution in [0.15, 0.2) is 52.5 Å². The highest BCUT2D eigenvalue weighted by atomic mass is 79.9. The van der Waals surface area contributed by atoms with Gasteiger partial charge in [0, 0.05) is 10.0 Å². The molecule has 0 bridgehead atoms. The predicted molar refractivity (Wildman–Crippen MR) is 83.1 cm³/mol. The van der Waals surface area contributed by atoms with Crippen molar-refractivity contribution in [3.05, 3.63) is 69.2 Å². The molecule has 21 heavy (non-hydrogen) atoms. The van der Waals surface area contributed by atoms with E-state index in [2.05, 4.69) is 22.0 Å². The van der Waals surface area contributed by atoms with E-state index in [9.17, 15) is 4.79 Å². The lowest BCUT2D eigenvalue weighted by molar-refractivity contribution is 0.100. The Labute approximate surface area is 130 Å². The Hall–Kier alpha value is -2.38. The summed E-state index contributed by atoms with van der Waals surface area (Å²) in [4.78, 5) is 12.5. The Bertz CT molecular complexity index is 803. The Morgan fingerprint density at radius 1 is 1.24 bits per heavy atom. The van der Waals surface area contributed by atoms with Crippen LogP contribution in [0, 0.1) is 11.3 Å². The molecule has 0 saturated heterocycles. The topological polar surface area (TPSA) is 50.1 Å². The molecule has 2 aromatic carbocycles. The van der Waals surface area contributed by atoms with E-state index < -0.39 is 0 Å². The first-order valence-corrected chi connectivity index (χ1v) is 7.14. The maximum absolute atomic E-state index is 12.5. The van der Waals surface area contributed by atoms with E-state index in [4.69, 9.17) is 10.00 Å². The zero-order valence-corrected chi connectivity index (χ0v) is 12.6. The molecule has 0 aliphatic carbocycles. The summed E-state index contributed by atoms with van der Waals surface area (Å²) < 4.78 is 6.45. The molecule has 0 aromatic heterocycles. The summed E-state index contributed by atoms with van der Waals surface area (Å²) in [6.07, 6.45) is 1.77. The third-order valence-electron chi connectivity index (χ3n) is 3.22. The monoisotopic (exact) mass is 339 g/mol. The van der Waals surface area contributed by atoms with E-state index in [1.165, 1.54) is 0 Å². The van der Waals surface area contributed by atoms with Crippen molar-refractivity contribution < 1.29 is 9.53 Å². The van der Waals surface area contributed by atoms with Gasteiger partial charge in [-0.25, -0.2) is 0 Å². The summed E-state index contributed by atoms with van der Waals surface area (Å²) in [5.74, 6) is 0.561. The van der Waals surface area contributed by atoms with E-state index in [1.807, 2.05) is 12.1 Å². The number of nitriles is 1. The van der Waals surface area contributed by atoms with E-state index in [0.29, 0.717) is 22.4 Å². The Kier molecular flexibility index (Phi) is 3.59. The molecule has 2 aromatic rings. The highest BCUT2D eigenvalue weighted by molar-refractivity contribution is 9.10. The van der Waals surface area contributed by atoms with Crippen molar-refractivity contribution in [1.29, 1.82) is 5.26 Å². The summed E-state index contributed by atoms with van der Waals surface area (Å²) >= 11 is 3.36. The fraction of sp³-hybridized carbons (Fsp3) is 0.0588. The second-order valence-electron chi connectivity index (χ2n) is 4.67. The average Bonchev–Trinajstić information content (AvgIpc) is 2.51. The number of ketones is 1. The maximum Gasteiger partial charge on any atom is 0.196 e. The van der Waals surface area contributed by atoms with Gasteiger partial charge >= 0.3 is 0 Å². The minimum Gasteiger partial charge on any atom is -0.488 e. The van der Waals surface area contributed by atoms with Gasteiger partial charge < -0.3 is 4.74 Å². The maximum atomic E-state index is 12.5. The zero-order valence-electron chi connectivity index (χ0n) is 11.0. The van der Waals surface area contributed by atoms with Crippen LogP contribution in [0.2, 0.25) is 0 Å².